The van der Waals surface area contributed by atoms with E-state index in [9.17, 15) is 9.59 Å². The number of hydrogen-bond acceptors (Lipinski definition) is 6. The minimum Gasteiger partial charge on any atom is -0.449 e. The fourth-order valence-corrected chi connectivity index (χ4v) is 2.66. The number of benzene rings is 2. The molecule has 0 unspecified atom stereocenters. The minimum atomic E-state index is -0.938. The van der Waals surface area contributed by atoms with Gasteiger partial charge in [-0.3, -0.25) is 4.79 Å². The molecule has 3 rings (SSSR count). The Morgan fingerprint density at radius 3 is 2.39 bits per heavy atom. The Kier molecular flexibility index (Phi) is 5.78. The molecule has 0 aliphatic heterocycles. The standard InChI is InChI=1S/C20H21N5O3/c1-13(2)17-6-4-5-7-18(17)22-19(26)14(3)28-20(27)15-8-10-16(11-9-15)25-12-21-23-24-25/h4-14H,1-3H3,(H,22,26)/t14-/m0/s1. The predicted molar refractivity (Wildman–Crippen MR) is 103 cm³/mol. The van der Waals surface area contributed by atoms with Crippen molar-refractivity contribution in [1.29, 1.82) is 0 Å². The molecule has 0 aliphatic rings. The number of para-hydroxylation sites is 1. The lowest BCUT2D eigenvalue weighted by Crippen LogP contribution is -2.30. The predicted octanol–water partition coefficient (Wildman–Crippen LogP) is 2.97. The van der Waals surface area contributed by atoms with Gasteiger partial charge in [0.1, 0.15) is 6.33 Å². The second-order valence-electron chi connectivity index (χ2n) is 6.58. The highest BCUT2D eigenvalue weighted by molar-refractivity contribution is 5.97. The molecular formula is C20H21N5O3. The van der Waals surface area contributed by atoms with Crippen LogP contribution in [0.1, 0.15) is 42.6 Å². The summed E-state index contributed by atoms with van der Waals surface area (Å²) in [6.45, 7) is 5.64. The van der Waals surface area contributed by atoms with Gasteiger partial charge in [-0.05, 0) is 59.2 Å². The van der Waals surface area contributed by atoms with Crippen LogP contribution < -0.4 is 5.32 Å². The molecule has 1 aromatic heterocycles. The Morgan fingerprint density at radius 1 is 1.04 bits per heavy atom. The first kappa shape index (κ1) is 19.2. The zero-order chi connectivity index (χ0) is 20.1. The van der Waals surface area contributed by atoms with Gasteiger partial charge in [-0.2, -0.15) is 0 Å². The minimum absolute atomic E-state index is 0.257. The highest BCUT2D eigenvalue weighted by Gasteiger charge is 2.20. The van der Waals surface area contributed by atoms with Crippen molar-refractivity contribution in [3.8, 4) is 5.69 Å². The largest absolute Gasteiger partial charge is 0.449 e. The quantitative estimate of drug-likeness (QED) is 0.661. The van der Waals surface area contributed by atoms with Gasteiger partial charge < -0.3 is 10.1 Å². The van der Waals surface area contributed by atoms with Crippen molar-refractivity contribution in [2.75, 3.05) is 5.32 Å². The summed E-state index contributed by atoms with van der Waals surface area (Å²) in [5.74, 6) is -0.706. The molecule has 0 radical (unpaired) electrons. The number of nitrogens with one attached hydrogen (secondary N) is 1. The summed E-state index contributed by atoms with van der Waals surface area (Å²) in [6, 6.07) is 14.1. The third kappa shape index (κ3) is 4.40. The Labute approximate surface area is 162 Å². The molecule has 0 bridgehead atoms. The van der Waals surface area contributed by atoms with E-state index in [1.54, 1.807) is 31.2 Å². The number of nitrogens with zero attached hydrogens (tertiary/aromatic N) is 4. The molecule has 28 heavy (non-hydrogen) atoms. The van der Waals surface area contributed by atoms with E-state index in [1.165, 1.54) is 11.0 Å². The van der Waals surface area contributed by atoms with Crippen LogP contribution in [-0.2, 0) is 9.53 Å². The number of aromatic nitrogens is 4. The summed E-state index contributed by atoms with van der Waals surface area (Å²) in [5.41, 5.74) is 2.78. The van der Waals surface area contributed by atoms with Crippen molar-refractivity contribution in [2.45, 2.75) is 32.8 Å². The van der Waals surface area contributed by atoms with E-state index >= 15 is 0 Å². The Morgan fingerprint density at radius 2 is 1.75 bits per heavy atom. The molecule has 0 fully saturated rings. The third-order valence-electron chi connectivity index (χ3n) is 4.21. The number of rotatable bonds is 6. The van der Waals surface area contributed by atoms with Crippen LogP contribution in [-0.4, -0.2) is 38.2 Å². The number of carbonyl (C=O) groups excluding carboxylic acids is 2. The van der Waals surface area contributed by atoms with Gasteiger partial charge in [0.25, 0.3) is 5.91 Å². The average molecular weight is 379 g/mol. The summed E-state index contributed by atoms with van der Waals surface area (Å²) in [4.78, 5) is 24.8. The maximum absolute atomic E-state index is 12.4. The number of anilines is 1. The van der Waals surface area contributed by atoms with Gasteiger partial charge in [-0.1, -0.05) is 32.0 Å². The summed E-state index contributed by atoms with van der Waals surface area (Å²) >= 11 is 0. The zero-order valence-corrected chi connectivity index (χ0v) is 15.9. The van der Waals surface area contributed by atoms with Crippen LogP contribution in [0.25, 0.3) is 5.69 Å². The van der Waals surface area contributed by atoms with E-state index in [0.29, 0.717) is 11.3 Å². The first-order valence-electron chi connectivity index (χ1n) is 8.90. The molecular weight excluding hydrogens is 358 g/mol. The summed E-state index contributed by atoms with van der Waals surface area (Å²) in [5, 5.41) is 13.7. The average Bonchev–Trinajstić information content (AvgIpc) is 3.23. The fourth-order valence-electron chi connectivity index (χ4n) is 2.66. The number of tetrazole rings is 1. The third-order valence-corrected chi connectivity index (χ3v) is 4.21. The van der Waals surface area contributed by atoms with Crippen molar-refractivity contribution >= 4 is 17.6 Å². The lowest BCUT2D eigenvalue weighted by atomic mass is 10.0. The monoisotopic (exact) mass is 379 g/mol. The summed E-state index contributed by atoms with van der Waals surface area (Å²) < 4.78 is 6.77. The molecule has 0 saturated heterocycles. The Hall–Kier alpha value is -3.55. The SMILES string of the molecule is CC(C)c1ccccc1NC(=O)[C@H](C)OC(=O)c1ccc(-n2cnnn2)cc1. The summed E-state index contributed by atoms with van der Waals surface area (Å²) in [7, 11) is 0. The highest BCUT2D eigenvalue weighted by atomic mass is 16.5. The number of ether oxygens (including phenoxy) is 1. The molecule has 3 aromatic rings. The van der Waals surface area contributed by atoms with Gasteiger partial charge in [-0.25, -0.2) is 9.48 Å². The molecule has 0 aliphatic carbocycles. The maximum Gasteiger partial charge on any atom is 0.338 e. The molecule has 2 aromatic carbocycles. The van der Waals surface area contributed by atoms with E-state index < -0.39 is 12.1 Å². The second kappa shape index (κ2) is 8.43. The fraction of sp³-hybridized carbons (Fsp3) is 0.250. The summed E-state index contributed by atoms with van der Waals surface area (Å²) in [6.07, 6.45) is 0.515. The van der Waals surface area contributed by atoms with Crippen molar-refractivity contribution < 1.29 is 14.3 Å². The molecule has 0 spiro atoms. The van der Waals surface area contributed by atoms with Crippen molar-refractivity contribution in [1.82, 2.24) is 20.2 Å². The van der Waals surface area contributed by atoms with Crippen LogP contribution in [0.4, 0.5) is 5.69 Å². The number of amides is 1. The highest BCUT2D eigenvalue weighted by Crippen LogP contribution is 2.24. The smallest absolute Gasteiger partial charge is 0.338 e. The van der Waals surface area contributed by atoms with Gasteiger partial charge in [0.05, 0.1) is 11.3 Å². The Balaban J connectivity index is 1.63. The van der Waals surface area contributed by atoms with Crippen LogP contribution >= 0.6 is 0 Å². The zero-order valence-electron chi connectivity index (χ0n) is 15.9. The van der Waals surface area contributed by atoms with Crippen molar-refractivity contribution in [3.05, 3.63) is 66.0 Å². The molecule has 1 heterocycles. The number of hydrogen-bond donors (Lipinski definition) is 1. The van der Waals surface area contributed by atoms with Gasteiger partial charge >= 0.3 is 5.97 Å². The molecule has 1 amide bonds. The van der Waals surface area contributed by atoms with E-state index in [0.717, 1.165) is 11.3 Å². The second-order valence-corrected chi connectivity index (χ2v) is 6.58. The molecule has 1 N–H and O–H groups in total. The lowest BCUT2D eigenvalue weighted by Gasteiger charge is -2.17. The Bertz CT molecular complexity index is 952. The van der Waals surface area contributed by atoms with Crippen molar-refractivity contribution in [3.63, 3.8) is 0 Å². The van der Waals surface area contributed by atoms with E-state index in [2.05, 4.69) is 20.8 Å². The molecule has 1 atom stereocenters. The van der Waals surface area contributed by atoms with Gasteiger partial charge in [-0.15, -0.1) is 5.10 Å². The van der Waals surface area contributed by atoms with E-state index in [-0.39, 0.29) is 11.8 Å². The maximum atomic E-state index is 12.4. The van der Waals surface area contributed by atoms with Crippen LogP contribution in [0.2, 0.25) is 0 Å². The van der Waals surface area contributed by atoms with E-state index in [4.69, 9.17) is 4.74 Å². The molecule has 0 saturated carbocycles. The van der Waals surface area contributed by atoms with E-state index in [1.807, 2.05) is 38.1 Å². The first-order valence-corrected chi connectivity index (χ1v) is 8.90. The topological polar surface area (TPSA) is 99.0 Å². The van der Waals surface area contributed by atoms with Crippen LogP contribution in [0, 0.1) is 0 Å². The normalized spacial score (nSPS) is 11.9. The molecule has 144 valence electrons. The first-order chi connectivity index (χ1) is 13.5. The molecule has 8 nitrogen and oxygen atoms in total. The van der Waals surface area contributed by atoms with Crippen LogP contribution in [0.3, 0.4) is 0 Å². The van der Waals surface area contributed by atoms with Gasteiger partial charge in [0, 0.05) is 5.69 Å². The van der Waals surface area contributed by atoms with Gasteiger partial charge in [0.2, 0.25) is 0 Å². The lowest BCUT2D eigenvalue weighted by molar-refractivity contribution is -0.123. The van der Waals surface area contributed by atoms with Crippen LogP contribution in [0.5, 0.6) is 0 Å². The van der Waals surface area contributed by atoms with Gasteiger partial charge in [0.15, 0.2) is 6.10 Å². The molecule has 8 heteroatoms. The number of esters is 1. The van der Waals surface area contributed by atoms with Crippen LogP contribution in [0.15, 0.2) is 54.9 Å². The van der Waals surface area contributed by atoms with Crippen molar-refractivity contribution in [2.24, 2.45) is 0 Å². The number of carbonyl (C=O) groups is 2.